The summed E-state index contributed by atoms with van der Waals surface area (Å²) in [7, 11) is 1.92. The average molecular weight is 290 g/mol. The zero-order valence-electron chi connectivity index (χ0n) is 12.0. The van der Waals surface area contributed by atoms with Crippen LogP contribution < -0.4 is 10.2 Å². The summed E-state index contributed by atoms with van der Waals surface area (Å²) in [5, 5.41) is 6.28. The first-order chi connectivity index (χ1) is 9.69. The minimum absolute atomic E-state index is 0.763. The smallest absolute Gasteiger partial charge is 0.136 e. The summed E-state index contributed by atoms with van der Waals surface area (Å²) in [5.41, 5.74) is 1.05. The van der Waals surface area contributed by atoms with E-state index in [1.165, 1.54) is 18.2 Å². The molecule has 3 rings (SSSR count). The molecule has 0 radical (unpaired) electrons. The average Bonchev–Trinajstić information content (AvgIpc) is 2.47. The molecule has 1 aromatic carbocycles. The standard InChI is InChI=1S/C16H20ClN3/c1-11-5-7-20(8-6-11)16-14-9-12(17)3-4-13(14)15(18-2)10-19-16/h3-4,9-11,18H,5-8H2,1-2H3. The second-order valence-corrected chi connectivity index (χ2v) is 6.04. The maximum atomic E-state index is 6.18. The molecule has 0 aliphatic carbocycles. The lowest BCUT2D eigenvalue weighted by molar-refractivity contribution is 0.437. The highest BCUT2D eigenvalue weighted by molar-refractivity contribution is 6.31. The van der Waals surface area contributed by atoms with Crippen molar-refractivity contribution in [2.75, 3.05) is 30.4 Å². The van der Waals surface area contributed by atoms with Crippen molar-refractivity contribution in [1.29, 1.82) is 0 Å². The van der Waals surface area contributed by atoms with E-state index in [0.717, 1.165) is 40.9 Å². The van der Waals surface area contributed by atoms with E-state index in [9.17, 15) is 0 Å². The number of piperidine rings is 1. The Bertz CT molecular complexity index is 618. The molecule has 1 aliphatic rings. The van der Waals surface area contributed by atoms with Crippen molar-refractivity contribution in [2.45, 2.75) is 19.8 Å². The molecule has 0 saturated carbocycles. The fourth-order valence-corrected chi connectivity index (χ4v) is 3.04. The van der Waals surface area contributed by atoms with E-state index in [1.807, 2.05) is 25.4 Å². The molecule has 2 heterocycles. The molecule has 3 nitrogen and oxygen atoms in total. The molecule has 1 aromatic heterocycles. The predicted molar refractivity (Wildman–Crippen MR) is 86.9 cm³/mol. The quantitative estimate of drug-likeness (QED) is 0.899. The van der Waals surface area contributed by atoms with Crippen LogP contribution in [0.3, 0.4) is 0 Å². The Labute approximate surface area is 124 Å². The summed E-state index contributed by atoms with van der Waals surface area (Å²) < 4.78 is 0. The van der Waals surface area contributed by atoms with Crippen LogP contribution in [0.1, 0.15) is 19.8 Å². The number of hydrogen-bond donors (Lipinski definition) is 1. The lowest BCUT2D eigenvalue weighted by Crippen LogP contribution is -2.33. The van der Waals surface area contributed by atoms with Gasteiger partial charge < -0.3 is 10.2 Å². The van der Waals surface area contributed by atoms with Crippen molar-refractivity contribution < 1.29 is 0 Å². The third-order valence-corrected chi connectivity index (χ3v) is 4.42. The van der Waals surface area contributed by atoms with Crippen LogP contribution >= 0.6 is 11.6 Å². The fourth-order valence-electron chi connectivity index (χ4n) is 2.87. The summed E-state index contributed by atoms with van der Waals surface area (Å²) in [6.45, 7) is 4.48. The van der Waals surface area contributed by atoms with E-state index in [-0.39, 0.29) is 0 Å². The van der Waals surface area contributed by atoms with Gasteiger partial charge in [-0.3, -0.25) is 0 Å². The van der Waals surface area contributed by atoms with Crippen LogP contribution in [0.5, 0.6) is 0 Å². The van der Waals surface area contributed by atoms with Gasteiger partial charge in [0.1, 0.15) is 5.82 Å². The molecule has 0 bridgehead atoms. The minimum atomic E-state index is 0.763. The van der Waals surface area contributed by atoms with E-state index in [0.29, 0.717) is 0 Å². The minimum Gasteiger partial charge on any atom is -0.386 e. The molecular weight excluding hydrogens is 270 g/mol. The second-order valence-electron chi connectivity index (χ2n) is 5.60. The highest BCUT2D eigenvalue weighted by atomic mass is 35.5. The highest BCUT2D eigenvalue weighted by Crippen LogP contribution is 2.33. The van der Waals surface area contributed by atoms with Gasteiger partial charge in [0.15, 0.2) is 0 Å². The SMILES string of the molecule is CNc1cnc(N2CCC(C)CC2)c2cc(Cl)ccc12. The lowest BCUT2D eigenvalue weighted by atomic mass is 9.99. The van der Waals surface area contributed by atoms with Crippen LogP contribution in [0.15, 0.2) is 24.4 Å². The highest BCUT2D eigenvalue weighted by Gasteiger charge is 2.19. The number of aromatic nitrogens is 1. The van der Waals surface area contributed by atoms with Crippen LogP contribution in [0.25, 0.3) is 10.8 Å². The molecule has 106 valence electrons. The monoisotopic (exact) mass is 289 g/mol. The van der Waals surface area contributed by atoms with Crippen molar-refractivity contribution in [3.05, 3.63) is 29.4 Å². The van der Waals surface area contributed by atoms with Crippen LogP contribution in [0, 0.1) is 5.92 Å². The predicted octanol–water partition coefficient (Wildman–Crippen LogP) is 4.17. The number of benzene rings is 1. The number of rotatable bonds is 2. The summed E-state index contributed by atoms with van der Waals surface area (Å²) >= 11 is 6.18. The van der Waals surface area contributed by atoms with Crippen molar-refractivity contribution in [2.24, 2.45) is 5.92 Å². The van der Waals surface area contributed by atoms with E-state index in [1.54, 1.807) is 0 Å². The molecule has 2 aromatic rings. The Kier molecular flexibility index (Phi) is 3.70. The van der Waals surface area contributed by atoms with Gasteiger partial charge in [-0.05, 0) is 30.9 Å². The largest absolute Gasteiger partial charge is 0.386 e. The fraction of sp³-hybridized carbons (Fsp3) is 0.438. The molecule has 1 saturated heterocycles. The Morgan fingerprint density at radius 1 is 1.25 bits per heavy atom. The van der Waals surface area contributed by atoms with Gasteiger partial charge >= 0.3 is 0 Å². The van der Waals surface area contributed by atoms with Gasteiger partial charge in [0.2, 0.25) is 0 Å². The number of fused-ring (bicyclic) bond motifs is 1. The van der Waals surface area contributed by atoms with Gasteiger partial charge in [0.05, 0.1) is 11.9 Å². The number of pyridine rings is 1. The Hall–Kier alpha value is -1.48. The van der Waals surface area contributed by atoms with Gasteiger partial charge in [-0.1, -0.05) is 24.6 Å². The maximum absolute atomic E-state index is 6.18. The van der Waals surface area contributed by atoms with Crippen LogP contribution in [-0.4, -0.2) is 25.1 Å². The van der Waals surface area contributed by atoms with Crippen molar-refractivity contribution >= 4 is 33.9 Å². The molecule has 0 atom stereocenters. The van der Waals surface area contributed by atoms with Crippen LogP contribution in [-0.2, 0) is 0 Å². The first-order valence-corrected chi connectivity index (χ1v) is 7.58. The Balaban J connectivity index is 2.09. The molecular formula is C16H20ClN3. The Morgan fingerprint density at radius 3 is 2.70 bits per heavy atom. The number of halogens is 1. The van der Waals surface area contributed by atoms with Gasteiger partial charge in [0.25, 0.3) is 0 Å². The number of hydrogen-bond acceptors (Lipinski definition) is 3. The first kappa shape index (κ1) is 13.5. The van der Waals surface area contributed by atoms with Gasteiger partial charge in [0, 0.05) is 35.9 Å². The molecule has 20 heavy (non-hydrogen) atoms. The van der Waals surface area contributed by atoms with Gasteiger partial charge in [-0.2, -0.15) is 0 Å². The molecule has 4 heteroatoms. The summed E-state index contributed by atoms with van der Waals surface area (Å²) in [5.74, 6) is 1.88. The third kappa shape index (κ3) is 2.42. The zero-order chi connectivity index (χ0) is 14.1. The summed E-state index contributed by atoms with van der Waals surface area (Å²) in [6, 6.07) is 6.03. The van der Waals surface area contributed by atoms with Crippen LogP contribution in [0.4, 0.5) is 11.5 Å². The topological polar surface area (TPSA) is 28.2 Å². The van der Waals surface area contributed by atoms with Crippen molar-refractivity contribution in [3.63, 3.8) is 0 Å². The molecule has 0 unspecified atom stereocenters. The lowest BCUT2D eigenvalue weighted by Gasteiger charge is -2.32. The van der Waals surface area contributed by atoms with Crippen molar-refractivity contribution in [3.8, 4) is 0 Å². The number of anilines is 2. The van der Waals surface area contributed by atoms with Gasteiger partial charge in [-0.25, -0.2) is 4.98 Å². The Morgan fingerprint density at radius 2 is 2.00 bits per heavy atom. The summed E-state index contributed by atoms with van der Waals surface area (Å²) in [6.07, 6.45) is 4.39. The number of nitrogens with one attached hydrogen (secondary N) is 1. The van der Waals surface area contributed by atoms with Crippen molar-refractivity contribution in [1.82, 2.24) is 4.98 Å². The maximum Gasteiger partial charge on any atom is 0.136 e. The second kappa shape index (κ2) is 5.49. The van der Waals surface area contributed by atoms with Crippen LogP contribution in [0.2, 0.25) is 5.02 Å². The van der Waals surface area contributed by atoms with E-state index >= 15 is 0 Å². The van der Waals surface area contributed by atoms with E-state index in [2.05, 4.69) is 28.2 Å². The number of nitrogens with zero attached hydrogens (tertiary/aromatic N) is 2. The molecule has 1 N–H and O–H groups in total. The third-order valence-electron chi connectivity index (χ3n) is 4.18. The van der Waals surface area contributed by atoms with E-state index in [4.69, 9.17) is 11.6 Å². The van der Waals surface area contributed by atoms with E-state index < -0.39 is 0 Å². The zero-order valence-corrected chi connectivity index (χ0v) is 12.7. The normalized spacial score (nSPS) is 16.6. The molecule has 0 amide bonds. The molecule has 0 spiro atoms. The summed E-state index contributed by atoms with van der Waals surface area (Å²) in [4.78, 5) is 7.06. The molecule has 1 aliphatic heterocycles. The van der Waals surface area contributed by atoms with Gasteiger partial charge in [-0.15, -0.1) is 0 Å². The molecule has 1 fully saturated rings. The first-order valence-electron chi connectivity index (χ1n) is 7.20.